The van der Waals surface area contributed by atoms with E-state index in [0.717, 1.165) is 48.0 Å². The average molecular weight is 375 g/mol. The third-order valence-corrected chi connectivity index (χ3v) is 5.29. The molecule has 3 rings (SSSR count). The molecule has 0 amide bonds. The van der Waals surface area contributed by atoms with Crippen LogP contribution in [-0.2, 0) is 4.74 Å². The highest BCUT2D eigenvalue weighted by atomic mass is 32.1. The number of morpholine rings is 1. The van der Waals surface area contributed by atoms with E-state index in [4.69, 9.17) is 17.0 Å². The molecule has 0 spiro atoms. The number of rotatable bonds is 4. The van der Waals surface area contributed by atoms with Gasteiger partial charge < -0.3 is 15.0 Å². The fourth-order valence-electron chi connectivity index (χ4n) is 2.67. The van der Waals surface area contributed by atoms with Crippen LogP contribution in [0.1, 0.15) is 16.0 Å². The monoisotopic (exact) mass is 374 g/mol. The van der Waals surface area contributed by atoms with Crippen molar-refractivity contribution in [2.45, 2.75) is 13.8 Å². The molecule has 132 valence electrons. The van der Waals surface area contributed by atoms with Gasteiger partial charge in [0.1, 0.15) is 0 Å². The molecule has 0 saturated carbocycles. The minimum absolute atomic E-state index is 0.485. The van der Waals surface area contributed by atoms with Crippen molar-refractivity contribution in [3.8, 4) is 0 Å². The van der Waals surface area contributed by atoms with E-state index < -0.39 is 0 Å². The summed E-state index contributed by atoms with van der Waals surface area (Å²) in [6.45, 7) is 7.58. The zero-order valence-electron chi connectivity index (χ0n) is 14.4. The Morgan fingerprint density at radius 3 is 2.64 bits per heavy atom. The van der Waals surface area contributed by atoms with Gasteiger partial charge >= 0.3 is 0 Å². The molecular weight excluding hydrogens is 352 g/mol. The maximum atomic E-state index is 5.39. The summed E-state index contributed by atoms with van der Waals surface area (Å²) >= 11 is 7.04. The number of hydrazone groups is 1. The van der Waals surface area contributed by atoms with Crippen LogP contribution in [0.25, 0.3) is 0 Å². The summed E-state index contributed by atoms with van der Waals surface area (Å²) < 4.78 is 5.39. The minimum Gasteiger partial charge on any atom is -0.378 e. The summed E-state index contributed by atoms with van der Waals surface area (Å²) in [5, 5.41) is 9.19. The first-order valence-electron chi connectivity index (χ1n) is 8.22. The Morgan fingerprint density at radius 1 is 1.20 bits per heavy atom. The fraction of sp³-hybridized carbons (Fsp3) is 0.333. The predicted molar refractivity (Wildman–Crippen MR) is 110 cm³/mol. The molecule has 1 fully saturated rings. The van der Waals surface area contributed by atoms with Gasteiger partial charge in [-0.15, -0.1) is 11.3 Å². The molecule has 1 aliphatic heterocycles. The van der Waals surface area contributed by atoms with Crippen molar-refractivity contribution in [2.75, 3.05) is 36.5 Å². The van der Waals surface area contributed by atoms with Gasteiger partial charge in [0.2, 0.25) is 0 Å². The van der Waals surface area contributed by atoms with Crippen molar-refractivity contribution in [1.82, 2.24) is 5.43 Å². The van der Waals surface area contributed by atoms with Gasteiger partial charge in [0, 0.05) is 23.7 Å². The standard InChI is InChI=1S/C18H22N4OS2/c1-13-4-3-5-14(2)17(13)20-18(24)21-19-12-15-6-7-16(25-15)22-8-10-23-11-9-22/h3-7,12H,8-11H2,1-2H3,(H2,20,21,24)/b19-12+. The third-order valence-electron chi connectivity index (χ3n) is 4.01. The smallest absolute Gasteiger partial charge is 0.191 e. The summed E-state index contributed by atoms with van der Waals surface area (Å²) in [4.78, 5) is 3.43. The number of thiocarbonyl (C=S) groups is 1. The lowest BCUT2D eigenvalue weighted by Crippen LogP contribution is -2.35. The van der Waals surface area contributed by atoms with Crippen molar-refractivity contribution in [3.05, 3.63) is 46.3 Å². The maximum absolute atomic E-state index is 5.39. The summed E-state index contributed by atoms with van der Waals surface area (Å²) in [7, 11) is 0. The molecule has 1 saturated heterocycles. The lowest BCUT2D eigenvalue weighted by molar-refractivity contribution is 0.123. The van der Waals surface area contributed by atoms with Gasteiger partial charge in [-0.3, -0.25) is 5.43 Å². The molecule has 0 unspecified atom stereocenters. The van der Waals surface area contributed by atoms with Crippen molar-refractivity contribution in [3.63, 3.8) is 0 Å². The zero-order chi connectivity index (χ0) is 17.6. The molecule has 2 N–H and O–H groups in total. The largest absolute Gasteiger partial charge is 0.378 e. The quantitative estimate of drug-likeness (QED) is 0.487. The van der Waals surface area contributed by atoms with Crippen LogP contribution in [0.4, 0.5) is 10.7 Å². The van der Waals surface area contributed by atoms with Crippen LogP contribution in [0.5, 0.6) is 0 Å². The van der Waals surface area contributed by atoms with Crippen LogP contribution in [0.3, 0.4) is 0 Å². The molecular formula is C18H22N4OS2. The highest BCUT2D eigenvalue weighted by molar-refractivity contribution is 7.80. The van der Waals surface area contributed by atoms with Gasteiger partial charge in [-0.1, -0.05) is 18.2 Å². The Bertz CT molecular complexity index is 746. The normalized spacial score (nSPS) is 14.7. The van der Waals surface area contributed by atoms with E-state index in [1.165, 1.54) is 5.00 Å². The van der Waals surface area contributed by atoms with Gasteiger partial charge in [-0.25, -0.2) is 0 Å². The molecule has 25 heavy (non-hydrogen) atoms. The molecule has 0 radical (unpaired) electrons. The second-order valence-corrected chi connectivity index (χ2v) is 7.37. The Morgan fingerprint density at radius 2 is 1.92 bits per heavy atom. The molecule has 2 aromatic rings. The van der Waals surface area contributed by atoms with Crippen LogP contribution >= 0.6 is 23.6 Å². The van der Waals surface area contributed by atoms with Crippen LogP contribution in [-0.4, -0.2) is 37.6 Å². The van der Waals surface area contributed by atoms with Crippen molar-refractivity contribution in [2.24, 2.45) is 5.10 Å². The number of benzene rings is 1. The molecule has 7 heteroatoms. The van der Waals surface area contributed by atoms with E-state index in [1.54, 1.807) is 17.6 Å². The number of aryl methyl sites for hydroxylation is 2. The second kappa shape index (κ2) is 8.42. The number of para-hydroxylation sites is 1. The van der Waals surface area contributed by atoms with Gasteiger partial charge in [0.15, 0.2) is 5.11 Å². The van der Waals surface area contributed by atoms with Crippen molar-refractivity contribution in [1.29, 1.82) is 0 Å². The SMILES string of the molecule is Cc1cccc(C)c1NC(=S)N/N=C/c1ccc(N2CCOCC2)s1. The summed E-state index contributed by atoms with van der Waals surface area (Å²) in [5.41, 5.74) is 6.22. The Hall–Kier alpha value is -1.96. The predicted octanol–water partition coefficient (Wildman–Crippen LogP) is 3.52. The van der Waals surface area contributed by atoms with E-state index in [1.807, 2.05) is 6.07 Å². The topological polar surface area (TPSA) is 48.9 Å². The molecule has 2 heterocycles. The number of nitrogens with one attached hydrogen (secondary N) is 2. The lowest BCUT2D eigenvalue weighted by Gasteiger charge is -2.27. The van der Waals surface area contributed by atoms with E-state index in [-0.39, 0.29) is 0 Å². The second-order valence-electron chi connectivity index (χ2n) is 5.87. The number of hydrogen-bond acceptors (Lipinski definition) is 5. The van der Waals surface area contributed by atoms with Gasteiger partial charge in [0.05, 0.1) is 24.4 Å². The van der Waals surface area contributed by atoms with Crippen LogP contribution < -0.4 is 15.6 Å². The number of thiophene rings is 1. The average Bonchev–Trinajstić information content (AvgIpc) is 3.08. The van der Waals surface area contributed by atoms with Gasteiger partial charge in [0.25, 0.3) is 0 Å². The fourth-order valence-corrected chi connectivity index (χ4v) is 3.76. The van der Waals surface area contributed by atoms with Crippen LogP contribution in [0.2, 0.25) is 0 Å². The van der Waals surface area contributed by atoms with Crippen LogP contribution in [0, 0.1) is 13.8 Å². The Kier molecular flexibility index (Phi) is 6.01. The first-order chi connectivity index (χ1) is 12.1. The molecule has 0 atom stereocenters. The molecule has 0 aliphatic carbocycles. The van der Waals surface area contributed by atoms with E-state index in [0.29, 0.717) is 5.11 Å². The summed E-state index contributed by atoms with van der Waals surface area (Å²) in [6.07, 6.45) is 1.80. The Balaban J connectivity index is 1.54. The minimum atomic E-state index is 0.485. The third kappa shape index (κ3) is 4.78. The lowest BCUT2D eigenvalue weighted by atomic mass is 10.1. The highest BCUT2D eigenvalue weighted by Crippen LogP contribution is 2.25. The number of hydrogen-bond donors (Lipinski definition) is 2. The number of anilines is 2. The molecule has 1 aromatic heterocycles. The Labute approximate surface area is 157 Å². The first-order valence-corrected chi connectivity index (χ1v) is 9.45. The molecule has 1 aliphatic rings. The first kappa shape index (κ1) is 17.8. The number of nitrogens with zero attached hydrogens (tertiary/aromatic N) is 2. The molecule has 0 bridgehead atoms. The molecule has 1 aromatic carbocycles. The van der Waals surface area contributed by atoms with E-state index in [9.17, 15) is 0 Å². The van der Waals surface area contributed by atoms with E-state index in [2.05, 4.69) is 58.9 Å². The summed E-state index contributed by atoms with van der Waals surface area (Å²) in [6, 6.07) is 10.3. The summed E-state index contributed by atoms with van der Waals surface area (Å²) in [5.74, 6) is 0. The van der Waals surface area contributed by atoms with E-state index >= 15 is 0 Å². The molecule has 5 nitrogen and oxygen atoms in total. The maximum Gasteiger partial charge on any atom is 0.191 e. The van der Waals surface area contributed by atoms with Crippen molar-refractivity contribution < 1.29 is 4.74 Å². The van der Waals surface area contributed by atoms with Gasteiger partial charge in [-0.05, 0) is 49.3 Å². The number of ether oxygens (including phenoxy) is 1. The van der Waals surface area contributed by atoms with Crippen molar-refractivity contribution >= 4 is 45.6 Å². The van der Waals surface area contributed by atoms with Gasteiger partial charge in [-0.2, -0.15) is 5.10 Å². The highest BCUT2D eigenvalue weighted by Gasteiger charge is 2.12. The zero-order valence-corrected chi connectivity index (χ0v) is 16.0. The van der Waals surface area contributed by atoms with Crippen LogP contribution in [0.15, 0.2) is 35.4 Å².